The SMILES string of the molecule is NC[C@H]1C[C@@H](c2c[nH]c3ccc(F)cc23)c2cc(Cl)ccc21. The van der Waals surface area contributed by atoms with Crippen LogP contribution in [-0.4, -0.2) is 11.5 Å². The third-order valence-corrected chi connectivity index (χ3v) is 4.96. The molecule has 0 spiro atoms. The largest absolute Gasteiger partial charge is 0.361 e. The van der Waals surface area contributed by atoms with Gasteiger partial charge < -0.3 is 10.7 Å². The molecule has 112 valence electrons. The minimum atomic E-state index is -0.215. The molecule has 2 aromatic carbocycles. The van der Waals surface area contributed by atoms with E-state index in [9.17, 15) is 4.39 Å². The highest BCUT2D eigenvalue weighted by atomic mass is 35.5. The van der Waals surface area contributed by atoms with Crippen LogP contribution in [0.2, 0.25) is 5.02 Å². The van der Waals surface area contributed by atoms with Gasteiger partial charge in [0.05, 0.1) is 0 Å². The van der Waals surface area contributed by atoms with Crippen LogP contribution in [0.25, 0.3) is 10.9 Å². The molecule has 0 amide bonds. The van der Waals surface area contributed by atoms with E-state index in [1.165, 1.54) is 17.2 Å². The Balaban J connectivity index is 1.89. The molecule has 1 heterocycles. The van der Waals surface area contributed by atoms with E-state index in [0.29, 0.717) is 12.5 Å². The van der Waals surface area contributed by atoms with Crippen LogP contribution >= 0.6 is 11.6 Å². The van der Waals surface area contributed by atoms with E-state index in [1.807, 2.05) is 18.3 Å². The number of hydrogen-bond donors (Lipinski definition) is 2. The highest BCUT2D eigenvalue weighted by molar-refractivity contribution is 6.30. The topological polar surface area (TPSA) is 41.8 Å². The molecule has 0 unspecified atom stereocenters. The summed E-state index contributed by atoms with van der Waals surface area (Å²) in [5.74, 6) is 0.321. The Morgan fingerprint density at radius 3 is 2.82 bits per heavy atom. The van der Waals surface area contributed by atoms with Crippen molar-refractivity contribution in [3.8, 4) is 0 Å². The Bertz CT molecular complexity index is 855. The molecule has 1 aliphatic carbocycles. The summed E-state index contributed by atoms with van der Waals surface area (Å²) in [6.45, 7) is 0.613. The van der Waals surface area contributed by atoms with Crippen molar-refractivity contribution in [3.05, 3.63) is 70.1 Å². The third kappa shape index (κ3) is 2.04. The highest BCUT2D eigenvalue weighted by Crippen LogP contribution is 2.47. The minimum absolute atomic E-state index is 0.206. The van der Waals surface area contributed by atoms with Gasteiger partial charge in [-0.1, -0.05) is 17.7 Å². The summed E-state index contributed by atoms with van der Waals surface area (Å²) in [4.78, 5) is 3.24. The normalized spacial score (nSPS) is 20.5. The summed E-state index contributed by atoms with van der Waals surface area (Å²) < 4.78 is 13.6. The van der Waals surface area contributed by atoms with Crippen molar-refractivity contribution in [1.29, 1.82) is 0 Å². The number of hydrogen-bond acceptors (Lipinski definition) is 1. The number of H-pyrrole nitrogens is 1. The van der Waals surface area contributed by atoms with Crippen LogP contribution in [0.5, 0.6) is 0 Å². The molecule has 0 radical (unpaired) electrons. The Morgan fingerprint density at radius 1 is 1.14 bits per heavy atom. The van der Waals surface area contributed by atoms with Gasteiger partial charge in [0.25, 0.3) is 0 Å². The Morgan fingerprint density at radius 2 is 2.00 bits per heavy atom. The third-order valence-electron chi connectivity index (χ3n) is 4.72. The van der Waals surface area contributed by atoms with Crippen molar-refractivity contribution >= 4 is 22.5 Å². The monoisotopic (exact) mass is 314 g/mol. The van der Waals surface area contributed by atoms with Crippen molar-refractivity contribution in [3.63, 3.8) is 0 Å². The number of nitrogens with two attached hydrogens (primary N) is 1. The second-order valence-electron chi connectivity index (χ2n) is 5.93. The zero-order valence-electron chi connectivity index (χ0n) is 11.9. The summed E-state index contributed by atoms with van der Waals surface area (Å²) in [7, 11) is 0. The van der Waals surface area contributed by atoms with Crippen molar-refractivity contribution in [1.82, 2.24) is 4.98 Å². The van der Waals surface area contributed by atoms with E-state index in [1.54, 1.807) is 12.1 Å². The Hall–Kier alpha value is -1.84. The lowest BCUT2D eigenvalue weighted by Crippen LogP contribution is -2.09. The number of nitrogens with one attached hydrogen (secondary N) is 1. The number of fused-ring (bicyclic) bond motifs is 2. The maximum absolute atomic E-state index is 13.6. The first-order valence-electron chi connectivity index (χ1n) is 7.43. The van der Waals surface area contributed by atoms with Crippen LogP contribution in [0, 0.1) is 5.82 Å². The molecule has 0 aliphatic heterocycles. The van der Waals surface area contributed by atoms with E-state index in [4.69, 9.17) is 17.3 Å². The van der Waals surface area contributed by atoms with E-state index < -0.39 is 0 Å². The van der Waals surface area contributed by atoms with E-state index in [0.717, 1.165) is 27.9 Å². The highest BCUT2D eigenvalue weighted by Gasteiger charge is 2.32. The predicted octanol–water partition coefficient (Wildman–Crippen LogP) is 4.54. The van der Waals surface area contributed by atoms with Crippen molar-refractivity contribution < 1.29 is 4.39 Å². The average Bonchev–Trinajstić information content (AvgIpc) is 3.07. The molecule has 22 heavy (non-hydrogen) atoms. The summed E-state index contributed by atoms with van der Waals surface area (Å²) in [5, 5.41) is 1.67. The molecule has 4 heteroatoms. The molecule has 0 bridgehead atoms. The molecule has 3 N–H and O–H groups in total. The molecule has 2 atom stereocenters. The van der Waals surface area contributed by atoms with Crippen LogP contribution in [0.3, 0.4) is 0 Å². The van der Waals surface area contributed by atoms with Crippen molar-refractivity contribution in [2.45, 2.75) is 18.3 Å². The summed E-state index contributed by atoms with van der Waals surface area (Å²) in [6.07, 6.45) is 2.92. The number of aromatic nitrogens is 1. The molecule has 4 rings (SSSR count). The van der Waals surface area contributed by atoms with Gasteiger partial charge in [0.15, 0.2) is 0 Å². The van der Waals surface area contributed by atoms with Gasteiger partial charge in [-0.05, 0) is 65.9 Å². The fourth-order valence-corrected chi connectivity index (χ4v) is 3.86. The minimum Gasteiger partial charge on any atom is -0.361 e. The average molecular weight is 315 g/mol. The molecule has 1 aliphatic rings. The Labute approximate surface area is 133 Å². The van der Waals surface area contributed by atoms with Gasteiger partial charge in [0.2, 0.25) is 0 Å². The molecule has 0 saturated heterocycles. The van der Waals surface area contributed by atoms with Crippen LogP contribution < -0.4 is 5.73 Å². The summed E-state index contributed by atoms with van der Waals surface area (Å²) >= 11 is 6.19. The molecular formula is C18H16ClFN2. The first-order valence-corrected chi connectivity index (χ1v) is 7.81. The van der Waals surface area contributed by atoms with Crippen LogP contribution in [-0.2, 0) is 0 Å². The quantitative estimate of drug-likeness (QED) is 0.716. The van der Waals surface area contributed by atoms with Gasteiger partial charge >= 0.3 is 0 Å². The van der Waals surface area contributed by atoms with Gasteiger partial charge in [-0.25, -0.2) is 4.39 Å². The fraction of sp³-hybridized carbons (Fsp3) is 0.222. The van der Waals surface area contributed by atoms with Crippen LogP contribution in [0.4, 0.5) is 4.39 Å². The number of benzene rings is 2. The van der Waals surface area contributed by atoms with Crippen LogP contribution in [0.1, 0.15) is 34.9 Å². The maximum Gasteiger partial charge on any atom is 0.123 e. The molecule has 0 saturated carbocycles. The standard InChI is InChI=1S/C18H16ClFN2/c19-11-1-3-13-10(8-21)5-14(15(13)6-11)17-9-22-18-4-2-12(20)7-16(17)18/h1-4,6-7,9-10,14,22H,5,8,21H2/t10-,14-/m1/s1. The lowest BCUT2D eigenvalue weighted by Gasteiger charge is -2.11. The molecule has 3 aromatic rings. The van der Waals surface area contributed by atoms with Crippen molar-refractivity contribution in [2.24, 2.45) is 5.73 Å². The summed E-state index contributed by atoms with van der Waals surface area (Å²) in [6, 6.07) is 10.9. The van der Waals surface area contributed by atoms with Crippen molar-refractivity contribution in [2.75, 3.05) is 6.54 Å². The predicted molar refractivity (Wildman–Crippen MR) is 88.0 cm³/mol. The first kappa shape index (κ1) is 13.8. The fourth-order valence-electron chi connectivity index (χ4n) is 3.68. The lowest BCUT2D eigenvalue weighted by atomic mass is 9.92. The van der Waals surface area contributed by atoms with Gasteiger partial charge in [0, 0.05) is 28.0 Å². The first-order chi connectivity index (χ1) is 10.7. The number of rotatable bonds is 2. The lowest BCUT2D eigenvalue weighted by molar-refractivity contribution is 0.628. The van der Waals surface area contributed by atoms with Gasteiger partial charge in [-0.3, -0.25) is 0 Å². The zero-order valence-corrected chi connectivity index (χ0v) is 12.7. The number of aromatic amines is 1. The van der Waals surface area contributed by atoms with Crippen LogP contribution in [0.15, 0.2) is 42.6 Å². The molecule has 0 fully saturated rings. The van der Waals surface area contributed by atoms with Gasteiger partial charge in [-0.15, -0.1) is 0 Å². The second-order valence-corrected chi connectivity index (χ2v) is 6.36. The number of halogens is 2. The second kappa shape index (κ2) is 5.11. The van der Waals surface area contributed by atoms with Gasteiger partial charge in [0.1, 0.15) is 5.82 Å². The maximum atomic E-state index is 13.6. The van der Waals surface area contributed by atoms with E-state index in [2.05, 4.69) is 11.1 Å². The molecular weight excluding hydrogens is 299 g/mol. The molecule has 2 nitrogen and oxygen atoms in total. The smallest absolute Gasteiger partial charge is 0.123 e. The molecule has 1 aromatic heterocycles. The summed E-state index contributed by atoms with van der Waals surface area (Å²) in [5.41, 5.74) is 10.5. The van der Waals surface area contributed by atoms with Gasteiger partial charge in [-0.2, -0.15) is 0 Å². The van der Waals surface area contributed by atoms with E-state index in [-0.39, 0.29) is 11.7 Å². The van der Waals surface area contributed by atoms with E-state index >= 15 is 0 Å². The zero-order chi connectivity index (χ0) is 15.3. The Kier molecular flexibility index (Phi) is 3.21.